The van der Waals surface area contributed by atoms with Gasteiger partial charge in [0.15, 0.2) is 17.5 Å². The van der Waals surface area contributed by atoms with Crippen molar-refractivity contribution in [2.24, 2.45) is 0 Å². The Morgan fingerprint density at radius 3 is 2.11 bits per heavy atom. The molecule has 0 fully saturated rings. The molecule has 5 heteroatoms. The molecule has 9 rings (SSSR count). The minimum Gasteiger partial charge on any atom is -0.456 e. The van der Waals surface area contributed by atoms with Crippen molar-refractivity contribution in [2.75, 3.05) is 0 Å². The van der Waals surface area contributed by atoms with Crippen LogP contribution in [0.5, 0.6) is 0 Å². The number of benzene rings is 5. The predicted octanol–water partition coefficient (Wildman–Crippen LogP) is 9.63. The van der Waals surface area contributed by atoms with Crippen molar-refractivity contribution >= 4 is 32.7 Å². The number of fused-ring (bicyclic) bond motifs is 8. The molecule has 5 aromatic carbocycles. The molecular formula is C39H26N4O. The number of nitrogens with zero attached hydrogens (tertiary/aromatic N) is 4. The molecule has 0 spiro atoms. The Bertz CT molecular complexity index is 2420. The highest BCUT2D eigenvalue weighted by atomic mass is 16.3. The van der Waals surface area contributed by atoms with Gasteiger partial charge in [0.1, 0.15) is 16.9 Å². The molecule has 8 aromatic rings. The van der Waals surface area contributed by atoms with Gasteiger partial charge in [-0.25, -0.2) is 15.0 Å². The van der Waals surface area contributed by atoms with Crippen molar-refractivity contribution < 1.29 is 4.42 Å². The zero-order valence-electron chi connectivity index (χ0n) is 24.2. The van der Waals surface area contributed by atoms with Gasteiger partial charge in [0.2, 0.25) is 0 Å². The molecular weight excluding hydrogens is 540 g/mol. The van der Waals surface area contributed by atoms with Crippen molar-refractivity contribution in [1.82, 2.24) is 19.9 Å². The van der Waals surface area contributed by atoms with Crippen LogP contribution < -0.4 is 0 Å². The smallest absolute Gasteiger partial charge is 0.183 e. The first-order valence-electron chi connectivity index (χ1n) is 14.8. The molecule has 0 saturated carbocycles. The second-order valence-corrected chi connectivity index (χ2v) is 11.9. The molecule has 0 amide bonds. The van der Waals surface area contributed by atoms with Crippen LogP contribution in [-0.4, -0.2) is 19.9 Å². The van der Waals surface area contributed by atoms with E-state index in [1.165, 1.54) is 27.6 Å². The first-order chi connectivity index (χ1) is 21.6. The Balaban J connectivity index is 1.32. The van der Waals surface area contributed by atoms with Crippen LogP contribution in [-0.2, 0) is 5.41 Å². The maximum Gasteiger partial charge on any atom is 0.183 e. The molecule has 0 bridgehead atoms. The summed E-state index contributed by atoms with van der Waals surface area (Å²) >= 11 is 0. The monoisotopic (exact) mass is 566 g/mol. The summed E-state index contributed by atoms with van der Waals surface area (Å²) in [5.41, 5.74) is 9.02. The van der Waals surface area contributed by atoms with Gasteiger partial charge >= 0.3 is 0 Å². The quantitative estimate of drug-likeness (QED) is 0.213. The van der Waals surface area contributed by atoms with Crippen LogP contribution in [0.1, 0.15) is 25.0 Å². The van der Waals surface area contributed by atoms with Gasteiger partial charge < -0.3 is 4.42 Å². The van der Waals surface area contributed by atoms with E-state index in [-0.39, 0.29) is 5.41 Å². The van der Waals surface area contributed by atoms with E-state index in [1.807, 2.05) is 66.9 Å². The molecule has 44 heavy (non-hydrogen) atoms. The number of hydrogen-bond acceptors (Lipinski definition) is 5. The van der Waals surface area contributed by atoms with E-state index in [2.05, 4.69) is 68.4 Å². The molecule has 0 atom stereocenters. The average Bonchev–Trinajstić information content (AvgIpc) is 3.56. The van der Waals surface area contributed by atoms with Gasteiger partial charge in [-0.05, 0) is 45.8 Å². The minimum absolute atomic E-state index is 0.342. The Morgan fingerprint density at radius 2 is 1.23 bits per heavy atom. The molecule has 0 radical (unpaired) electrons. The van der Waals surface area contributed by atoms with Crippen LogP contribution in [0, 0.1) is 0 Å². The normalized spacial score (nSPS) is 13.4. The van der Waals surface area contributed by atoms with Crippen LogP contribution >= 0.6 is 0 Å². The van der Waals surface area contributed by atoms with Gasteiger partial charge in [-0.3, -0.25) is 4.98 Å². The highest BCUT2D eigenvalue weighted by Crippen LogP contribution is 2.55. The largest absolute Gasteiger partial charge is 0.456 e. The van der Waals surface area contributed by atoms with Gasteiger partial charge in [-0.1, -0.05) is 111 Å². The molecule has 0 saturated heterocycles. The molecule has 3 heterocycles. The molecule has 5 nitrogen and oxygen atoms in total. The van der Waals surface area contributed by atoms with Crippen LogP contribution in [0.15, 0.2) is 126 Å². The minimum atomic E-state index is -0.342. The molecule has 1 aliphatic rings. The summed E-state index contributed by atoms with van der Waals surface area (Å²) in [6.07, 6.45) is 1.82. The van der Waals surface area contributed by atoms with E-state index < -0.39 is 0 Å². The summed E-state index contributed by atoms with van der Waals surface area (Å²) < 4.78 is 6.31. The second kappa shape index (κ2) is 9.16. The molecule has 3 aromatic heterocycles. The van der Waals surface area contributed by atoms with Crippen molar-refractivity contribution in [3.8, 4) is 45.4 Å². The van der Waals surface area contributed by atoms with Crippen LogP contribution in [0.4, 0.5) is 0 Å². The number of pyridine rings is 1. The van der Waals surface area contributed by atoms with Crippen LogP contribution in [0.3, 0.4) is 0 Å². The fourth-order valence-electron chi connectivity index (χ4n) is 7.07. The Morgan fingerprint density at radius 1 is 0.523 bits per heavy atom. The molecule has 208 valence electrons. The van der Waals surface area contributed by atoms with Gasteiger partial charge in [0.05, 0.1) is 0 Å². The van der Waals surface area contributed by atoms with E-state index in [0.29, 0.717) is 17.5 Å². The Labute approximate surface area is 253 Å². The Kier molecular flexibility index (Phi) is 5.18. The third-order valence-corrected chi connectivity index (χ3v) is 8.94. The summed E-state index contributed by atoms with van der Waals surface area (Å²) in [5, 5.41) is 4.41. The standard InChI is InChI=1S/C39H26N4O/c1-39(2)33-26(27-19-20-31-32(34(27)39)28-15-8-9-18-30(28)44-31)16-10-17-29(33)37-41-36(24-12-4-3-5-13-24)42-38(43-37)35-25-14-7-6-11-23(25)21-22-40-35/h3-22H,1-2H3. The number of rotatable bonds is 3. The maximum atomic E-state index is 6.31. The SMILES string of the molecule is CC1(C)c2c(-c3nc(-c4ccccc4)nc(-c4nccc5ccccc45)n3)cccc2-c2ccc3oc4ccccc4c3c21. The van der Waals surface area contributed by atoms with Crippen molar-refractivity contribution in [3.63, 3.8) is 0 Å². The van der Waals surface area contributed by atoms with E-state index in [1.54, 1.807) is 0 Å². The molecule has 0 N–H and O–H groups in total. The number of furan rings is 1. The summed E-state index contributed by atoms with van der Waals surface area (Å²) in [5.74, 6) is 1.81. The Hall–Kier alpha value is -5.68. The maximum absolute atomic E-state index is 6.31. The zero-order chi connectivity index (χ0) is 29.4. The van der Waals surface area contributed by atoms with E-state index >= 15 is 0 Å². The number of aromatic nitrogens is 4. The van der Waals surface area contributed by atoms with Crippen molar-refractivity contribution in [2.45, 2.75) is 19.3 Å². The van der Waals surface area contributed by atoms with Gasteiger partial charge in [-0.15, -0.1) is 0 Å². The third kappa shape index (κ3) is 3.53. The van der Waals surface area contributed by atoms with Crippen LogP contribution in [0.25, 0.3) is 78.1 Å². The van der Waals surface area contributed by atoms with Gasteiger partial charge in [-0.2, -0.15) is 0 Å². The predicted molar refractivity (Wildman–Crippen MR) is 176 cm³/mol. The highest BCUT2D eigenvalue weighted by Gasteiger charge is 2.40. The van der Waals surface area contributed by atoms with Crippen molar-refractivity contribution in [3.05, 3.63) is 133 Å². The molecule has 0 aliphatic heterocycles. The fourth-order valence-corrected chi connectivity index (χ4v) is 7.07. The second-order valence-electron chi connectivity index (χ2n) is 11.9. The fraction of sp³-hybridized carbons (Fsp3) is 0.0769. The van der Waals surface area contributed by atoms with E-state index in [0.717, 1.165) is 44.1 Å². The topological polar surface area (TPSA) is 64.7 Å². The molecule has 0 unspecified atom stereocenters. The summed E-state index contributed by atoms with van der Waals surface area (Å²) in [6.45, 7) is 4.60. The lowest BCUT2D eigenvalue weighted by atomic mass is 9.78. The lowest BCUT2D eigenvalue weighted by Gasteiger charge is -2.24. The average molecular weight is 567 g/mol. The summed E-state index contributed by atoms with van der Waals surface area (Å²) in [6, 6.07) is 39.4. The zero-order valence-corrected chi connectivity index (χ0v) is 24.2. The third-order valence-electron chi connectivity index (χ3n) is 8.94. The first kappa shape index (κ1) is 24.9. The van der Waals surface area contributed by atoms with Crippen molar-refractivity contribution in [1.29, 1.82) is 0 Å². The summed E-state index contributed by atoms with van der Waals surface area (Å²) in [7, 11) is 0. The van der Waals surface area contributed by atoms with Crippen LogP contribution in [0.2, 0.25) is 0 Å². The highest BCUT2D eigenvalue weighted by molar-refractivity contribution is 6.11. The number of hydrogen-bond donors (Lipinski definition) is 0. The first-order valence-corrected chi connectivity index (χ1v) is 14.8. The summed E-state index contributed by atoms with van der Waals surface area (Å²) in [4.78, 5) is 20.0. The lowest BCUT2D eigenvalue weighted by Crippen LogP contribution is -2.17. The molecule has 1 aliphatic carbocycles. The lowest BCUT2D eigenvalue weighted by molar-refractivity contribution is 0.657. The van der Waals surface area contributed by atoms with E-state index in [4.69, 9.17) is 24.4 Å². The van der Waals surface area contributed by atoms with E-state index in [9.17, 15) is 0 Å². The van der Waals surface area contributed by atoms with Gasteiger partial charge in [0.25, 0.3) is 0 Å². The number of para-hydroxylation sites is 1. The van der Waals surface area contributed by atoms with Gasteiger partial charge in [0, 0.05) is 38.9 Å².